The lowest BCUT2D eigenvalue weighted by atomic mass is 9.97. The van der Waals surface area contributed by atoms with Gasteiger partial charge in [0.1, 0.15) is 11.8 Å². The van der Waals surface area contributed by atoms with Gasteiger partial charge < -0.3 is 14.1 Å². The molecule has 26 heavy (non-hydrogen) atoms. The molecule has 0 spiro atoms. The summed E-state index contributed by atoms with van der Waals surface area (Å²) in [6.07, 6.45) is 2.07. The predicted molar refractivity (Wildman–Crippen MR) is 98.2 cm³/mol. The molecule has 1 atom stereocenters. The number of furan rings is 1. The third-order valence-electron chi connectivity index (χ3n) is 5.05. The molecule has 1 aliphatic heterocycles. The Morgan fingerprint density at radius 3 is 2.54 bits per heavy atom. The highest BCUT2D eigenvalue weighted by molar-refractivity contribution is 5.95. The number of hydrogen-bond acceptors (Lipinski definition) is 4. The van der Waals surface area contributed by atoms with Crippen molar-refractivity contribution in [2.75, 3.05) is 13.7 Å². The molecule has 2 aromatic rings. The van der Waals surface area contributed by atoms with Crippen molar-refractivity contribution < 1.29 is 18.7 Å². The molecular weight excluding hydrogens is 330 g/mol. The van der Waals surface area contributed by atoms with Gasteiger partial charge in [-0.2, -0.15) is 0 Å². The summed E-state index contributed by atoms with van der Waals surface area (Å²) < 4.78 is 10.6. The molecule has 1 aliphatic rings. The molecule has 5 nitrogen and oxygen atoms in total. The molecule has 0 N–H and O–H groups in total. The summed E-state index contributed by atoms with van der Waals surface area (Å²) in [5, 5.41) is 0. The molecule has 1 aromatic heterocycles. The van der Waals surface area contributed by atoms with Crippen LogP contribution in [-0.4, -0.2) is 36.5 Å². The molecular formula is C21H25NO4. The number of hydrogen-bond donors (Lipinski definition) is 0. The fraction of sp³-hybridized carbons (Fsp3) is 0.429. The Balaban J connectivity index is 1.78. The zero-order chi connectivity index (χ0) is 18.8. The number of aryl methyl sites for hydroxylation is 3. The van der Waals surface area contributed by atoms with E-state index in [1.54, 1.807) is 11.0 Å². The Hall–Kier alpha value is -2.56. The van der Waals surface area contributed by atoms with Crippen LogP contribution in [0.2, 0.25) is 0 Å². The highest BCUT2D eigenvalue weighted by Gasteiger charge is 2.36. The van der Waals surface area contributed by atoms with Gasteiger partial charge in [0.05, 0.1) is 7.11 Å². The summed E-state index contributed by atoms with van der Waals surface area (Å²) in [5.41, 5.74) is 4.90. The fourth-order valence-corrected chi connectivity index (χ4v) is 3.78. The van der Waals surface area contributed by atoms with E-state index in [4.69, 9.17) is 9.15 Å². The molecule has 0 bridgehead atoms. The van der Waals surface area contributed by atoms with Crippen molar-refractivity contribution in [3.8, 4) is 0 Å². The van der Waals surface area contributed by atoms with Crippen molar-refractivity contribution in [3.63, 3.8) is 0 Å². The van der Waals surface area contributed by atoms with Gasteiger partial charge >= 0.3 is 5.97 Å². The van der Waals surface area contributed by atoms with Gasteiger partial charge in [-0.25, -0.2) is 4.79 Å². The van der Waals surface area contributed by atoms with Crippen LogP contribution in [0, 0.1) is 20.8 Å². The number of ether oxygens (including phenoxy) is 1. The van der Waals surface area contributed by atoms with Gasteiger partial charge in [-0.15, -0.1) is 0 Å². The Morgan fingerprint density at radius 2 is 1.88 bits per heavy atom. The van der Waals surface area contributed by atoms with E-state index in [0.29, 0.717) is 19.4 Å². The minimum atomic E-state index is -0.511. The van der Waals surface area contributed by atoms with Gasteiger partial charge in [0.15, 0.2) is 5.76 Å². The van der Waals surface area contributed by atoms with E-state index >= 15 is 0 Å². The maximum absolute atomic E-state index is 12.7. The van der Waals surface area contributed by atoms with Crippen LogP contribution in [0.1, 0.15) is 51.4 Å². The lowest BCUT2D eigenvalue weighted by Crippen LogP contribution is -2.40. The first-order chi connectivity index (χ1) is 12.4. The van der Waals surface area contributed by atoms with Gasteiger partial charge in [-0.3, -0.25) is 4.79 Å². The molecule has 0 saturated carbocycles. The van der Waals surface area contributed by atoms with Crippen LogP contribution in [0.4, 0.5) is 0 Å². The molecule has 5 heteroatoms. The number of rotatable bonds is 4. The number of carbonyl (C=O) groups excluding carboxylic acids is 2. The first-order valence-electron chi connectivity index (χ1n) is 8.95. The summed E-state index contributed by atoms with van der Waals surface area (Å²) in [7, 11) is 1.35. The summed E-state index contributed by atoms with van der Waals surface area (Å²) in [6, 6.07) is 7.34. The van der Waals surface area contributed by atoms with E-state index in [9.17, 15) is 9.59 Å². The van der Waals surface area contributed by atoms with Crippen molar-refractivity contribution in [2.24, 2.45) is 0 Å². The summed E-state index contributed by atoms with van der Waals surface area (Å²) in [4.78, 5) is 26.2. The molecule has 1 amide bonds. The van der Waals surface area contributed by atoms with Crippen LogP contribution in [-0.2, 0) is 16.0 Å². The number of nitrogens with zero attached hydrogens (tertiary/aromatic N) is 1. The summed E-state index contributed by atoms with van der Waals surface area (Å²) in [6.45, 7) is 6.82. The molecule has 2 heterocycles. The number of methoxy groups -OCH3 is 1. The molecule has 0 aliphatic carbocycles. The van der Waals surface area contributed by atoms with Crippen molar-refractivity contribution in [2.45, 2.75) is 46.1 Å². The molecule has 0 radical (unpaired) electrons. The molecule has 1 aromatic carbocycles. The van der Waals surface area contributed by atoms with Crippen LogP contribution in [0.5, 0.6) is 0 Å². The van der Waals surface area contributed by atoms with E-state index in [-0.39, 0.29) is 17.6 Å². The second-order valence-corrected chi connectivity index (χ2v) is 7.00. The topological polar surface area (TPSA) is 59.8 Å². The molecule has 1 saturated heterocycles. The highest BCUT2D eigenvalue weighted by atomic mass is 16.5. The minimum Gasteiger partial charge on any atom is -0.467 e. The Kier molecular flexibility index (Phi) is 5.16. The largest absolute Gasteiger partial charge is 0.467 e. The van der Waals surface area contributed by atoms with Crippen molar-refractivity contribution in [1.29, 1.82) is 0 Å². The third-order valence-corrected chi connectivity index (χ3v) is 5.05. The lowest BCUT2D eigenvalue weighted by Gasteiger charge is -2.21. The molecule has 138 valence electrons. The van der Waals surface area contributed by atoms with Gasteiger partial charge in [0.25, 0.3) is 5.91 Å². The average Bonchev–Trinajstić information content (AvgIpc) is 3.26. The van der Waals surface area contributed by atoms with Crippen LogP contribution in [0.3, 0.4) is 0 Å². The van der Waals surface area contributed by atoms with E-state index in [2.05, 4.69) is 32.9 Å². The summed E-state index contributed by atoms with van der Waals surface area (Å²) >= 11 is 0. The molecule has 1 fully saturated rings. The fourth-order valence-electron chi connectivity index (χ4n) is 3.78. The number of likely N-dealkylation sites (tertiary alicyclic amines) is 1. The Morgan fingerprint density at radius 1 is 1.19 bits per heavy atom. The molecule has 1 unspecified atom stereocenters. The second-order valence-electron chi connectivity index (χ2n) is 7.00. The van der Waals surface area contributed by atoms with Gasteiger partial charge in [-0.1, -0.05) is 17.7 Å². The first kappa shape index (κ1) is 18.2. The van der Waals surface area contributed by atoms with Crippen LogP contribution >= 0.6 is 0 Å². The van der Waals surface area contributed by atoms with Crippen LogP contribution in [0.15, 0.2) is 28.7 Å². The number of esters is 1. The highest BCUT2D eigenvalue weighted by Crippen LogP contribution is 2.24. The van der Waals surface area contributed by atoms with Crippen molar-refractivity contribution in [1.82, 2.24) is 4.90 Å². The zero-order valence-electron chi connectivity index (χ0n) is 15.8. The standard InChI is InChI=1S/C21H25NO4/c1-13-10-14(2)17(15(3)11-13)12-16-7-8-19(26-16)20(23)22-9-5-6-18(22)21(24)25-4/h7-8,10-11,18H,5-6,9,12H2,1-4H3. The van der Waals surface area contributed by atoms with Crippen molar-refractivity contribution in [3.05, 3.63) is 58.0 Å². The van der Waals surface area contributed by atoms with Gasteiger partial charge in [0, 0.05) is 13.0 Å². The maximum atomic E-state index is 12.7. The van der Waals surface area contributed by atoms with E-state index < -0.39 is 6.04 Å². The van der Waals surface area contributed by atoms with Crippen LogP contribution in [0.25, 0.3) is 0 Å². The number of benzene rings is 1. The number of amides is 1. The summed E-state index contributed by atoms with van der Waals surface area (Å²) in [5.74, 6) is 0.408. The SMILES string of the molecule is COC(=O)C1CCCN1C(=O)c1ccc(Cc2c(C)cc(C)cc2C)o1. The third kappa shape index (κ3) is 3.52. The molecule has 3 rings (SSSR count). The monoisotopic (exact) mass is 355 g/mol. The quantitative estimate of drug-likeness (QED) is 0.787. The van der Waals surface area contributed by atoms with Crippen molar-refractivity contribution >= 4 is 11.9 Å². The van der Waals surface area contributed by atoms with Gasteiger partial charge in [0.2, 0.25) is 0 Å². The lowest BCUT2D eigenvalue weighted by molar-refractivity contribution is -0.145. The maximum Gasteiger partial charge on any atom is 0.328 e. The smallest absolute Gasteiger partial charge is 0.328 e. The Bertz CT molecular complexity index is 813. The van der Waals surface area contributed by atoms with Crippen LogP contribution < -0.4 is 0 Å². The normalized spacial score (nSPS) is 16.8. The first-order valence-corrected chi connectivity index (χ1v) is 8.95. The zero-order valence-corrected chi connectivity index (χ0v) is 15.8. The number of carbonyl (C=O) groups is 2. The average molecular weight is 355 g/mol. The van der Waals surface area contributed by atoms with E-state index in [0.717, 1.165) is 12.2 Å². The van der Waals surface area contributed by atoms with E-state index in [1.165, 1.54) is 29.4 Å². The minimum absolute atomic E-state index is 0.249. The predicted octanol–water partition coefficient (Wildman–Crippen LogP) is 3.57. The second kappa shape index (κ2) is 7.36. The van der Waals surface area contributed by atoms with E-state index in [1.807, 2.05) is 6.07 Å². The Labute approximate surface area is 153 Å². The van der Waals surface area contributed by atoms with Gasteiger partial charge in [-0.05, 0) is 62.4 Å².